The summed E-state index contributed by atoms with van der Waals surface area (Å²) in [6.45, 7) is 22.4. The van der Waals surface area contributed by atoms with Crippen LogP contribution >= 0.6 is 0 Å². The van der Waals surface area contributed by atoms with Crippen LogP contribution in [0.2, 0.25) is 37.8 Å². The van der Waals surface area contributed by atoms with E-state index < -0.39 is 15.2 Å². The normalized spacial score (nSPS) is 13.0. The van der Waals surface area contributed by atoms with Crippen LogP contribution in [0.25, 0.3) is 0 Å². The summed E-state index contributed by atoms with van der Waals surface area (Å²) < 4.78 is 0. The lowest BCUT2D eigenvalue weighted by atomic mass is 10.1. The van der Waals surface area contributed by atoms with Crippen LogP contribution in [-0.2, 0) is 0 Å². The van der Waals surface area contributed by atoms with Gasteiger partial charge in [0.15, 0.2) is 0 Å². The van der Waals surface area contributed by atoms with Crippen LogP contribution in [0.3, 0.4) is 0 Å². The van der Waals surface area contributed by atoms with Gasteiger partial charge in [0.1, 0.15) is 0 Å². The lowest BCUT2D eigenvalue weighted by Gasteiger charge is -2.44. The predicted octanol–water partition coefficient (Wildman–Crippen LogP) is 5.32. The zero-order valence-corrected chi connectivity index (χ0v) is 18.8. The minimum atomic E-state index is -1.14. The van der Waals surface area contributed by atoms with Gasteiger partial charge in [-0.25, -0.2) is 0 Å². The summed E-state index contributed by atoms with van der Waals surface area (Å²) >= 11 is 0. The molecule has 21 heavy (non-hydrogen) atoms. The van der Waals surface area contributed by atoms with E-state index in [0.29, 0.717) is 0 Å². The summed E-state index contributed by atoms with van der Waals surface area (Å²) in [4.78, 5) is 0. The fraction of sp³-hybridized carbons (Fsp3) is 0.667. The van der Waals surface area contributed by atoms with Crippen LogP contribution in [0.5, 0.6) is 0 Å². The van der Waals surface area contributed by atoms with E-state index in [9.17, 15) is 0 Å². The molecule has 0 saturated carbocycles. The third kappa shape index (κ3) is 3.80. The molecule has 0 unspecified atom stereocenters. The highest BCUT2D eigenvalue weighted by Gasteiger charge is 2.47. The van der Waals surface area contributed by atoms with E-state index in [1.165, 1.54) is 23.7 Å². The van der Waals surface area contributed by atoms with Crippen molar-refractivity contribution in [2.45, 2.75) is 79.3 Å². The van der Waals surface area contributed by atoms with E-state index >= 15 is 0 Å². The number of rotatable bonds is 6. The van der Waals surface area contributed by atoms with Gasteiger partial charge in [0.05, 0.1) is 7.83 Å². The van der Waals surface area contributed by atoms with Crippen LogP contribution in [0.1, 0.15) is 37.5 Å². The van der Waals surface area contributed by atoms with Crippen molar-refractivity contribution in [1.82, 2.24) is 0 Å². The Hall–Kier alpha value is -0.129. The van der Waals surface area contributed by atoms with Gasteiger partial charge in [0, 0.05) is 15.2 Å². The van der Waals surface area contributed by atoms with Crippen molar-refractivity contribution in [3.63, 3.8) is 0 Å². The topological polar surface area (TPSA) is 0 Å². The maximum Gasteiger partial charge on any atom is 0.0711 e. The molecule has 119 valence electrons. The average molecular weight is 336 g/mol. The number of benzene rings is 1. The second-order valence-corrected chi connectivity index (χ2v) is 30.4. The lowest BCUT2D eigenvalue weighted by molar-refractivity contribution is 1.21. The first-order valence-corrected chi connectivity index (χ1v) is 18.2. The SMILES string of the molecule is CC[Si](CC)(CC)[Si](c1c(C)cc(C)cc1C)[Si](C)(C)C. The highest BCUT2D eigenvalue weighted by atomic mass is 29.6. The summed E-state index contributed by atoms with van der Waals surface area (Å²) in [6.07, 6.45) is 0. The Balaban J connectivity index is 3.62. The van der Waals surface area contributed by atoms with Crippen molar-refractivity contribution in [1.29, 1.82) is 0 Å². The summed E-state index contributed by atoms with van der Waals surface area (Å²) in [5.74, 6) is 0. The Kier molecular flexibility index (Phi) is 6.28. The van der Waals surface area contributed by atoms with Gasteiger partial charge in [-0.05, 0) is 20.8 Å². The Morgan fingerprint density at radius 1 is 0.810 bits per heavy atom. The van der Waals surface area contributed by atoms with Crippen LogP contribution < -0.4 is 5.19 Å². The highest BCUT2D eigenvalue weighted by molar-refractivity contribution is 7.64. The number of hydrogen-bond acceptors (Lipinski definition) is 0. The molecule has 0 nitrogen and oxygen atoms in total. The van der Waals surface area contributed by atoms with Crippen molar-refractivity contribution in [2.24, 2.45) is 0 Å². The molecule has 0 atom stereocenters. The van der Waals surface area contributed by atoms with Gasteiger partial charge < -0.3 is 0 Å². The van der Waals surface area contributed by atoms with Gasteiger partial charge in [-0.3, -0.25) is 0 Å². The molecule has 1 aromatic carbocycles. The minimum Gasteiger partial charge on any atom is -0.0716 e. The molecule has 0 aliphatic carbocycles. The van der Waals surface area contributed by atoms with E-state index in [0.717, 1.165) is 0 Å². The molecule has 0 heterocycles. The van der Waals surface area contributed by atoms with Crippen molar-refractivity contribution < 1.29 is 0 Å². The second kappa shape index (κ2) is 6.97. The van der Waals surface area contributed by atoms with E-state index in [1.807, 2.05) is 5.19 Å². The van der Waals surface area contributed by atoms with E-state index in [-0.39, 0.29) is 7.83 Å². The predicted molar refractivity (Wildman–Crippen MR) is 107 cm³/mol. The fourth-order valence-electron chi connectivity index (χ4n) is 4.29. The van der Waals surface area contributed by atoms with Crippen LogP contribution in [0.4, 0.5) is 0 Å². The van der Waals surface area contributed by atoms with Gasteiger partial charge in [0.2, 0.25) is 0 Å². The van der Waals surface area contributed by atoms with E-state index in [1.54, 1.807) is 11.1 Å². The van der Waals surface area contributed by atoms with Gasteiger partial charge >= 0.3 is 0 Å². The van der Waals surface area contributed by atoms with Crippen LogP contribution in [-0.4, -0.2) is 23.0 Å². The molecule has 0 N–H and O–H groups in total. The van der Waals surface area contributed by atoms with Gasteiger partial charge in [-0.1, -0.05) is 92.6 Å². The second-order valence-electron chi connectivity index (χ2n) is 7.74. The molecule has 0 saturated heterocycles. The fourth-order valence-corrected chi connectivity index (χ4v) is 43.9. The van der Waals surface area contributed by atoms with Crippen molar-refractivity contribution in [3.05, 3.63) is 28.8 Å². The smallest absolute Gasteiger partial charge is 0.0711 e. The third-order valence-electron chi connectivity index (χ3n) is 5.24. The van der Waals surface area contributed by atoms with Crippen LogP contribution in [0, 0.1) is 20.8 Å². The standard InChI is InChI=1S/C18H35Si3/c1-10-21(11-2,12-3)19(20(7,8)9)18-16(5)13-15(4)14-17(18)6/h13-14H,10-12H2,1-9H3. The highest BCUT2D eigenvalue weighted by Crippen LogP contribution is 2.30. The molecular weight excluding hydrogens is 300 g/mol. The first kappa shape index (κ1) is 18.9. The number of aryl methyl sites for hydroxylation is 3. The molecule has 0 aliphatic heterocycles. The Bertz CT molecular complexity index is 450. The summed E-state index contributed by atoms with van der Waals surface area (Å²) in [5, 5.41) is 1.84. The van der Waals surface area contributed by atoms with Crippen molar-refractivity contribution in [2.75, 3.05) is 0 Å². The molecule has 1 rings (SSSR count). The van der Waals surface area contributed by atoms with Crippen LogP contribution in [0.15, 0.2) is 12.1 Å². The Morgan fingerprint density at radius 2 is 1.19 bits per heavy atom. The monoisotopic (exact) mass is 335 g/mol. The zero-order chi connectivity index (χ0) is 16.4. The molecule has 1 aromatic rings. The van der Waals surface area contributed by atoms with Gasteiger partial charge in [0.25, 0.3) is 0 Å². The Labute approximate surface area is 136 Å². The van der Waals surface area contributed by atoms with Crippen molar-refractivity contribution >= 4 is 28.2 Å². The van der Waals surface area contributed by atoms with Gasteiger partial charge in [-0.15, -0.1) is 0 Å². The molecule has 0 aliphatic rings. The molecule has 0 aromatic heterocycles. The summed E-state index contributed by atoms with van der Waals surface area (Å²) in [5.41, 5.74) is 4.62. The van der Waals surface area contributed by atoms with Crippen molar-refractivity contribution in [3.8, 4) is 0 Å². The summed E-state index contributed by atoms with van der Waals surface area (Å²) in [7, 11) is -2.67. The quantitative estimate of drug-likeness (QED) is 0.617. The molecule has 0 fully saturated rings. The largest absolute Gasteiger partial charge is 0.0716 e. The average Bonchev–Trinajstić information content (AvgIpc) is 2.37. The third-order valence-corrected chi connectivity index (χ3v) is 37.0. The molecular formula is C18H35Si3. The minimum absolute atomic E-state index is 0.387. The van der Waals surface area contributed by atoms with E-state index in [4.69, 9.17) is 0 Å². The lowest BCUT2D eigenvalue weighted by Crippen LogP contribution is -2.69. The first-order valence-electron chi connectivity index (χ1n) is 8.59. The summed E-state index contributed by atoms with van der Waals surface area (Å²) in [6, 6.07) is 9.31. The molecule has 0 spiro atoms. The molecule has 0 amide bonds. The maximum atomic E-state index is 2.64. The van der Waals surface area contributed by atoms with Gasteiger partial charge in [-0.2, -0.15) is 0 Å². The number of hydrogen-bond donors (Lipinski definition) is 0. The molecule has 3 heteroatoms. The molecule has 1 radical (unpaired) electrons. The zero-order valence-electron chi connectivity index (χ0n) is 15.8. The molecule has 0 bridgehead atoms. The Morgan fingerprint density at radius 3 is 1.48 bits per heavy atom. The first-order chi connectivity index (χ1) is 9.62. The maximum absolute atomic E-state index is 2.64. The van der Waals surface area contributed by atoms with E-state index in [2.05, 4.69) is 73.3 Å².